The molecule has 1 aliphatic carbocycles. The number of phenolic OH excluding ortho intramolecular Hbond substituents is 1. The van der Waals surface area contributed by atoms with Gasteiger partial charge in [-0.1, -0.05) is 0 Å². The highest BCUT2D eigenvalue weighted by molar-refractivity contribution is 6.15. The first-order valence-corrected chi connectivity index (χ1v) is 6.20. The molecule has 98 valence electrons. The first kappa shape index (κ1) is 11.8. The number of ketones is 1. The second-order valence-electron chi connectivity index (χ2n) is 4.50. The van der Waals surface area contributed by atoms with Gasteiger partial charge in [0.15, 0.2) is 5.78 Å². The van der Waals surface area contributed by atoms with Crippen molar-refractivity contribution in [1.29, 1.82) is 0 Å². The number of esters is 1. The maximum Gasteiger partial charge on any atom is 0.355 e. The van der Waals surface area contributed by atoms with Crippen LogP contribution in [0, 0.1) is 0 Å². The van der Waals surface area contributed by atoms with Crippen LogP contribution in [0.5, 0.6) is 5.75 Å². The second kappa shape index (κ2) is 4.12. The Labute approximate surface area is 109 Å². The monoisotopic (exact) mass is 259 g/mol. The number of carbonyl (C=O) groups excluding carboxylic acids is 2. The summed E-state index contributed by atoms with van der Waals surface area (Å²) in [5, 5.41) is 10.5. The molecule has 1 heterocycles. The smallest absolute Gasteiger partial charge is 0.355 e. The van der Waals surface area contributed by atoms with Crippen LogP contribution in [-0.2, 0) is 11.2 Å². The summed E-state index contributed by atoms with van der Waals surface area (Å²) in [7, 11) is 0. The van der Waals surface area contributed by atoms with Crippen molar-refractivity contribution in [3.05, 3.63) is 29.0 Å². The number of carbonyl (C=O) groups is 2. The molecule has 0 radical (unpaired) electrons. The lowest BCUT2D eigenvalue weighted by Gasteiger charge is -2.13. The fraction of sp³-hybridized carbons (Fsp3) is 0.286. The van der Waals surface area contributed by atoms with Crippen LogP contribution < -0.4 is 0 Å². The summed E-state index contributed by atoms with van der Waals surface area (Å²) in [6, 6.07) is 3.13. The van der Waals surface area contributed by atoms with Crippen molar-refractivity contribution in [2.24, 2.45) is 0 Å². The third-order valence-corrected chi connectivity index (χ3v) is 3.41. The Balaban J connectivity index is 2.30. The van der Waals surface area contributed by atoms with Crippen molar-refractivity contribution in [3.8, 4) is 5.75 Å². The Morgan fingerprint density at radius 2 is 2.21 bits per heavy atom. The summed E-state index contributed by atoms with van der Waals surface area (Å²) in [4.78, 5) is 26.8. The predicted octanol–water partition coefficient (Wildman–Crippen LogP) is 2.18. The number of benzene rings is 1. The van der Waals surface area contributed by atoms with Gasteiger partial charge in [-0.05, 0) is 31.0 Å². The molecule has 0 saturated carbocycles. The summed E-state index contributed by atoms with van der Waals surface area (Å²) >= 11 is 0. The fourth-order valence-corrected chi connectivity index (χ4v) is 2.62. The van der Waals surface area contributed by atoms with Gasteiger partial charge in [0.2, 0.25) is 0 Å². The van der Waals surface area contributed by atoms with Gasteiger partial charge in [-0.3, -0.25) is 4.79 Å². The van der Waals surface area contributed by atoms with Crippen LogP contribution in [0.1, 0.15) is 39.8 Å². The van der Waals surface area contributed by atoms with E-state index in [9.17, 15) is 14.7 Å². The van der Waals surface area contributed by atoms with Crippen molar-refractivity contribution in [2.75, 3.05) is 6.61 Å². The lowest BCUT2D eigenvalue weighted by molar-refractivity contribution is 0.0518. The topological polar surface area (TPSA) is 79.4 Å². The fourth-order valence-electron chi connectivity index (χ4n) is 2.62. The molecule has 0 saturated heterocycles. The summed E-state index contributed by atoms with van der Waals surface area (Å²) in [5.41, 5.74) is 2.14. The van der Waals surface area contributed by atoms with E-state index >= 15 is 0 Å². The molecule has 0 amide bonds. The summed E-state index contributed by atoms with van der Waals surface area (Å²) in [5.74, 6) is -0.550. The normalized spacial score (nSPS) is 13.8. The van der Waals surface area contributed by atoms with Gasteiger partial charge in [0.05, 0.1) is 12.2 Å². The van der Waals surface area contributed by atoms with Crippen LogP contribution in [0.15, 0.2) is 12.1 Å². The van der Waals surface area contributed by atoms with E-state index in [0.29, 0.717) is 41.6 Å². The number of aromatic nitrogens is 1. The van der Waals surface area contributed by atoms with Crippen LogP contribution in [0.4, 0.5) is 0 Å². The molecular formula is C14H13NO4. The van der Waals surface area contributed by atoms with Gasteiger partial charge in [-0.2, -0.15) is 0 Å². The SMILES string of the molecule is CCOC(=O)c1[nH]c2ccc(O)c3c2c1CCC3=O. The number of nitrogens with one attached hydrogen (secondary N) is 1. The molecular weight excluding hydrogens is 246 g/mol. The first-order valence-electron chi connectivity index (χ1n) is 6.20. The number of hydrogen-bond acceptors (Lipinski definition) is 4. The molecule has 0 spiro atoms. The Morgan fingerprint density at radius 1 is 1.42 bits per heavy atom. The van der Waals surface area contributed by atoms with Crippen LogP contribution in [0.2, 0.25) is 0 Å². The summed E-state index contributed by atoms with van der Waals surface area (Å²) < 4.78 is 5.00. The number of aromatic hydroxyl groups is 1. The molecule has 5 nitrogen and oxygen atoms in total. The van der Waals surface area contributed by atoms with E-state index in [0.717, 1.165) is 5.56 Å². The van der Waals surface area contributed by atoms with E-state index in [1.807, 2.05) is 0 Å². The zero-order valence-corrected chi connectivity index (χ0v) is 10.4. The minimum atomic E-state index is -0.423. The number of hydrogen-bond donors (Lipinski definition) is 2. The number of aryl methyl sites for hydroxylation is 1. The third kappa shape index (κ3) is 1.62. The van der Waals surface area contributed by atoms with Crippen molar-refractivity contribution < 1.29 is 19.4 Å². The first-order chi connectivity index (χ1) is 9.13. The third-order valence-electron chi connectivity index (χ3n) is 3.41. The Hall–Kier alpha value is -2.30. The zero-order chi connectivity index (χ0) is 13.6. The van der Waals surface area contributed by atoms with Gasteiger partial charge in [0.1, 0.15) is 11.4 Å². The highest BCUT2D eigenvalue weighted by Gasteiger charge is 2.28. The predicted molar refractivity (Wildman–Crippen MR) is 68.6 cm³/mol. The minimum absolute atomic E-state index is 0.0344. The van der Waals surface area contributed by atoms with Crippen molar-refractivity contribution in [3.63, 3.8) is 0 Å². The molecule has 2 aromatic rings. The lowest BCUT2D eigenvalue weighted by atomic mass is 9.90. The Bertz CT molecular complexity index is 699. The van der Waals surface area contributed by atoms with E-state index in [2.05, 4.69) is 4.98 Å². The standard InChI is InChI=1S/C14H13NO4/c1-2-19-14(18)13-7-3-5-9(16)12-10(17)6-4-8(15-13)11(7)12/h4,6,15,17H,2-3,5H2,1H3. The minimum Gasteiger partial charge on any atom is -0.507 e. The average molecular weight is 259 g/mol. The van der Waals surface area contributed by atoms with Gasteiger partial charge < -0.3 is 14.8 Å². The van der Waals surface area contributed by atoms with E-state index in [1.54, 1.807) is 13.0 Å². The van der Waals surface area contributed by atoms with Crippen molar-refractivity contribution in [2.45, 2.75) is 19.8 Å². The lowest BCUT2D eigenvalue weighted by Crippen LogP contribution is -2.12. The molecule has 1 aromatic carbocycles. The second-order valence-corrected chi connectivity index (χ2v) is 4.50. The molecule has 19 heavy (non-hydrogen) atoms. The van der Waals surface area contributed by atoms with Gasteiger partial charge in [-0.15, -0.1) is 0 Å². The molecule has 0 bridgehead atoms. The van der Waals surface area contributed by atoms with Gasteiger partial charge in [0, 0.05) is 17.3 Å². The molecule has 0 aliphatic heterocycles. The highest BCUT2D eigenvalue weighted by Crippen LogP contribution is 2.37. The summed E-state index contributed by atoms with van der Waals surface area (Å²) in [6.07, 6.45) is 0.785. The van der Waals surface area contributed by atoms with Crippen LogP contribution in [0.3, 0.4) is 0 Å². The number of aromatic amines is 1. The molecule has 2 N–H and O–H groups in total. The number of ether oxygens (including phenoxy) is 1. The quantitative estimate of drug-likeness (QED) is 0.810. The van der Waals surface area contributed by atoms with E-state index < -0.39 is 5.97 Å². The molecule has 5 heteroatoms. The Kier molecular flexibility index (Phi) is 2.55. The number of Topliss-reactive ketones (excluding diaryl/α,β-unsaturated/α-hetero) is 1. The number of rotatable bonds is 2. The molecule has 0 fully saturated rings. The van der Waals surface area contributed by atoms with Crippen LogP contribution in [-0.4, -0.2) is 28.4 Å². The molecule has 0 atom stereocenters. The molecule has 1 aliphatic rings. The van der Waals surface area contributed by atoms with E-state index in [1.165, 1.54) is 6.07 Å². The van der Waals surface area contributed by atoms with Gasteiger partial charge in [0.25, 0.3) is 0 Å². The van der Waals surface area contributed by atoms with Gasteiger partial charge >= 0.3 is 5.97 Å². The largest absolute Gasteiger partial charge is 0.507 e. The van der Waals surface area contributed by atoms with Crippen molar-refractivity contribution >= 4 is 22.7 Å². The van der Waals surface area contributed by atoms with Crippen LogP contribution in [0.25, 0.3) is 10.9 Å². The highest BCUT2D eigenvalue weighted by atomic mass is 16.5. The average Bonchev–Trinajstić information content (AvgIpc) is 2.76. The number of phenols is 1. The van der Waals surface area contributed by atoms with E-state index in [-0.39, 0.29) is 11.5 Å². The Morgan fingerprint density at radius 3 is 2.95 bits per heavy atom. The molecule has 3 rings (SSSR count). The molecule has 1 aromatic heterocycles. The summed E-state index contributed by atoms with van der Waals surface area (Å²) in [6.45, 7) is 2.04. The van der Waals surface area contributed by atoms with Crippen molar-refractivity contribution in [1.82, 2.24) is 4.98 Å². The maximum absolute atomic E-state index is 11.9. The molecule has 0 unspecified atom stereocenters. The van der Waals surface area contributed by atoms with Gasteiger partial charge in [-0.25, -0.2) is 4.79 Å². The number of H-pyrrole nitrogens is 1. The van der Waals surface area contributed by atoms with E-state index in [4.69, 9.17) is 4.74 Å². The maximum atomic E-state index is 11.9. The van der Waals surface area contributed by atoms with Crippen LogP contribution >= 0.6 is 0 Å². The zero-order valence-electron chi connectivity index (χ0n) is 10.4.